The van der Waals surface area contributed by atoms with E-state index in [4.69, 9.17) is 0 Å². The fraction of sp³-hybridized carbons (Fsp3) is 0.455. The SMILES string of the molecule is CC1CC1NCc1cc(F)c(F)c(F)c1. The van der Waals surface area contributed by atoms with Crippen LogP contribution in [0.3, 0.4) is 0 Å². The normalized spacial score (nSPS) is 24.3. The number of nitrogens with one attached hydrogen (secondary N) is 1. The van der Waals surface area contributed by atoms with Crippen molar-refractivity contribution in [2.75, 3.05) is 0 Å². The zero-order chi connectivity index (χ0) is 11.0. The molecule has 1 aliphatic carbocycles. The highest BCUT2D eigenvalue weighted by Gasteiger charge is 2.31. The van der Waals surface area contributed by atoms with Crippen LogP contribution in [0.2, 0.25) is 0 Å². The molecule has 4 heteroatoms. The van der Waals surface area contributed by atoms with E-state index in [-0.39, 0.29) is 0 Å². The molecule has 0 spiro atoms. The molecule has 0 saturated heterocycles. The summed E-state index contributed by atoms with van der Waals surface area (Å²) in [6.45, 7) is 2.48. The minimum Gasteiger partial charge on any atom is -0.310 e. The Hall–Kier alpha value is -1.03. The van der Waals surface area contributed by atoms with E-state index < -0.39 is 17.5 Å². The highest BCUT2D eigenvalue weighted by molar-refractivity contribution is 5.19. The topological polar surface area (TPSA) is 12.0 Å². The Morgan fingerprint density at radius 1 is 1.27 bits per heavy atom. The first-order valence-electron chi connectivity index (χ1n) is 4.94. The van der Waals surface area contributed by atoms with Gasteiger partial charge in [0, 0.05) is 12.6 Å². The third kappa shape index (κ3) is 2.31. The Balaban J connectivity index is 2.02. The lowest BCUT2D eigenvalue weighted by Crippen LogP contribution is -2.17. The van der Waals surface area contributed by atoms with Crippen molar-refractivity contribution in [2.24, 2.45) is 5.92 Å². The summed E-state index contributed by atoms with van der Waals surface area (Å²) in [6.07, 6.45) is 1.09. The van der Waals surface area contributed by atoms with E-state index in [0.717, 1.165) is 18.6 Å². The quantitative estimate of drug-likeness (QED) is 0.764. The van der Waals surface area contributed by atoms with Crippen molar-refractivity contribution < 1.29 is 13.2 Å². The Bertz CT molecular complexity index is 355. The van der Waals surface area contributed by atoms with E-state index in [2.05, 4.69) is 12.2 Å². The zero-order valence-corrected chi connectivity index (χ0v) is 8.36. The molecule has 0 heterocycles. The van der Waals surface area contributed by atoms with Gasteiger partial charge in [0.05, 0.1) is 0 Å². The predicted octanol–water partition coefficient (Wildman–Crippen LogP) is 2.60. The molecule has 1 saturated carbocycles. The minimum absolute atomic E-state index is 0.378. The predicted molar refractivity (Wildman–Crippen MR) is 50.7 cm³/mol. The molecule has 0 aliphatic heterocycles. The lowest BCUT2D eigenvalue weighted by Gasteiger charge is -2.04. The van der Waals surface area contributed by atoms with Gasteiger partial charge in [-0.05, 0) is 30.0 Å². The molecule has 1 N–H and O–H groups in total. The lowest BCUT2D eigenvalue weighted by atomic mass is 10.2. The lowest BCUT2D eigenvalue weighted by molar-refractivity contribution is 0.444. The monoisotopic (exact) mass is 215 g/mol. The van der Waals surface area contributed by atoms with Crippen LogP contribution in [-0.2, 0) is 6.54 Å². The van der Waals surface area contributed by atoms with Gasteiger partial charge in [-0.15, -0.1) is 0 Å². The molecule has 2 atom stereocenters. The second-order valence-electron chi connectivity index (χ2n) is 4.07. The van der Waals surface area contributed by atoms with Gasteiger partial charge in [-0.1, -0.05) is 6.92 Å². The molecule has 0 radical (unpaired) electrons. The summed E-state index contributed by atoms with van der Waals surface area (Å²) in [5, 5.41) is 3.14. The van der Waals surface area contributed by atoms with Gasteiger partial charge in [0.25, 0.3) is 0 Å². The third-order valence-corrected chi connectivity index (χ3v) is 2.72. The maximum atomic E-state index is 12.8. The highest BCUT2D eigenvalue weighted by atomic mass is 19.2. The zero-order valence-electron chi connectivity index (χ0n) is 8.36. The third-order valence-electron chi connectivity index (χ3n) is 2.72. The fourth-order valence-electron chi connectivity index (χ4n) is 1.57. The molecule has 1 nitrogen and oxygen atoms in total. The van der Waals surface area contributed by atoms with E-state index in [1.807, 2.05) is 0 Å². The van der Waals surface area contributed by atoms with Gasteiger partial charge in [0.15, 0.2) is 17.5 Å². The molecule has 1 aliphatic rings. The Labute approximate surface area is 86.3 Å². The Morgan fingerprint density at radius 2 is 1.80 bits per heavy atom. The maximum Gasteiger partial charge on any atom is 0.194 e. The molecule has 0 bridgehead atoms. The molecule has 0 aromatic heterocycles. The van der Waals surface area contributed by atoms with Gasteiger partial charge in [0.2, 0.25) is 0 Å². The van der Waals surface area contributed by atoms with Crippen LogP contribution in [-0.4, -0.2) is 6.04 Å². The van der Waals surface area contributed by atoms with Crippen LogP contribution >= 0.6 is 0 Å². The van der Waals surface area contributed by atoms with Crippen LogP contribution < -0.4 is 5.32 Å². The van der Waals surface area contributed by atoms with Gasteiger partial charge < -0.3 is 5.32 Å². The molecule has 1 fully saturated rings. The summed E-state index contributed by atoms with van der Waals surface area (Å²) < 4.78 is 38.2. The highest BCUT2D eigenvalue weighted by Crippen LogP contribution is 2.29. The number of hydrogen-bond donors (Lipinski definition) is 1. The standard InChI is InChI=1S/C11H12F3N/c1-6-2-10(6)15-5-7-3-8(12)11(14)9(13)4-7/h3-4,6,10,15H,2,5H2,1H3. The molecule has 2 rings (SSSR count). The number of benzene rings is 1. The van der Waals surface area contributed by atoms with E-state index in [1.165, 1.54) is 0 Å². The molecular weight excluding hydrogens is 203 g/mol. The van der Waals surface area contributed by atoms with Crippen LogP contribution in [0.1, 0.15) is 18.9 Å². The van der Waals surface area contributed by atoms with Gasteiger partial charge in [0.1, 0.15) is 0 Å². The minimum atomic E-state index is -1.40. The molecule has 1 aromatic carbocycles. The number of hydrogen-bond acceptors (Lipinski definition) is 1. The van der Waals surface area contributed by atoms with Gasteiger partial charge in [-0.2, -0.15) is 0 Å². The summed E-state index contributed by atoms with van der Waals surface area (Å²) in [7, 11) is 0. The number of halogens is 3. The second kappa shape index (κ2) is 3.85. The Morgan fingerprint density at radius 3 is 2.27 bits per heavy atom. The molecule has 82 valence electrons. The summed E-state index contributed by atoms with van der Waals surface area (Å²) >= 11 is 0. The van der Waals surface area contributed by atoms with Crippen LogP contribution in [0.5, 0.6) is 0 Å². The largest absolute Gasteiger partial charge is 0.310 e. The molecule has 0 amide bonds. The van der Waals surface area contributed by atoms with Crippen LogP contribution in [0.25, 0.3) is 0 Å². The van der Waals surface area contributed by atoms with Gasteiger partial charge >= 0.3 is 0 Å². The summed E-state index contributed by atoms with van der Waals surface area (Å²) in [5.41, 5.74) is 0.436. The second-order valence-corrected chi connectivity index (χ2v) is 4.07. The van der Waals surface area contributed by atoms with Crippen molar-refractivity contribution in [2.45, 2.75) is 25.9 Å². The van der Waals surface area contributed by atoms with Crippen LogP contribution in [0, 0.1) is 23.4 Å². The maximum absolute atomic E-state index is 12.8. The van der Waals surface area contributed by atoms with Crippen molar-refractivity contribution in [3.05, 3.63) is 35.1 Å². The molecule has 2 unspecified atom stereocenters. The number of rotatable bonds is 3. The van der Waals surface area contributed by atoms with Crippen molar-refractivity contribution >= 4 is 0 Å². The smallest absolute Gasteiger partial charge is 0.194 e. The van der Waals surface area contributed by atoms with Crippen LogP contribution in [0.4, 0.5) is 13.2 Å². The molecule has 15 heavy (non-hydrogen) atoms. The van der Waals surface area contributed by atoms with Crippen molar-refractivity contribution in [3.63, 3.8) is 0 Å². The Kier molecular flexibility index (Phi) is 2.69. The first-order valence-corrected chi connectivity index (χ1v) is 4.94. The van der Waals surface area contributed by atoms with E-state index in [9.17, 15) is 13.2 Å². The van der Waals surface area contributed by atoms with E-state index in [1.54, 1.807) is 0 Å². The van der Waals surface area contributed by atoms with Gasteiger partial charge in [-0.25, -0.2) is 13.2 Å². The van der Waals surface area contributed by atoms with Crippen molar-refractivity contribution in [3.8, 4) is 0 Å². The van der Waals surface area contributed by atoms with Crippen LogP contribution in [0.15, 0.2) is 12.1 Å². The van der Waals surface area contributed by atoms with Crippen molar-refractivity contribution in [1.82, 2.24) is 5.32 Å². The average Bonchev–Trinajstić information content (AvgIpc) is 2.88. The summed E-state index contributed by atoms with van der Waals surface area (Å²) in [4.78, 5) is 0. The summed E-state index contributed by atoms with van der Waals surface area (Å²) in [6, 6.07) is 2.48. The fourth-order valence-corrected chi connectivity index (χ4v) is 1.57. The van der Waals surface area contributed by atoms with Crippen molar-refractivity contribution in [1.29, 1.82) is 0 Å². The first-order chi connectivity index (χ1) is 7.08. The first kappa shape index (κ1) is 10.5. The molecular formula is C11H12F3N. The van der Waals surface area contributed by atoms with Gasteiger partial charge in [-0.3, -0.25) is 0 Å². The van der Waals surface area contributed by atoms with E-state index >= 15 is 0 Å². The molecule has 1 aromatic rings. The average molecular weight is 215 g/mol. The van der Waals surface area contributed by atoms with E-state index in [0.29, 0.717) is 24.1 Å². The summed E-state index contributed by atoms with van der Waals surface area (Å²) in [5.74, 6) is -3.04.